The van der Waals surface area contributed by atoms with Gasteiger partial charge in [0.2, 0.25) is 0 Å². The zero-order chi connectivity index (χ0) is 14.6. The summed E-state index contributed by atoms with van der Waals surface area (Å²) in [4.78, 5) is 0. The summed E-state index contributed by atoms with van der Waals surface area (Å²) in [6.45, 7) is 10.6. The Morgan fingerprint density at radius 1 is 1.15 bits per heavy atom. The van der Waals surface area contributed by atoms with Crippen LogP contribution in [0.3, 0.4) is 0 Å². The molecule has 20 heavy (non-hydrogen) atoms. The van der Waals surface area contributed by atoms with Crippen LogP contribution in [-0.2, 0) is 11.2 Å². The van der Waals surface area contributed by atoms with E-state index in [4.69, 9.17) is 4.74 Å². The Labute approximate surface area is 124 Å². The topological polar surface area (TPSA) is 21.3 Å². The van der Waals surface area contributed by atoms with Gasteiger partial charge in [-0.05, 0) is 49.8 Å². The van der Waals surface area contributed by atoms with Crippen LogP contribution in [0.2, 0.25) is 0 Å². The number of hydrogen-bond donors (Lipinski definition) is 1. The van der Waals surface area contributed by atoms with Gasteiger partial charge in [-0.1, -0.05) is 51.1 Å². The number of ether oxygens (including phenoxy) is 1. The molecular formula is C18H31NO. The molecule has 0 saturated carbocycles. The van der Waals surface area contributed by atoms with Crippen LogP contribution >= 0.6 is 0 Å². The van der Waals surface area contributed by atoms with Crippen molar-refractivity contribution < 1.29 is 4.74 Å². The van der Waals surface area contributed by atoms with Crippen molar-refractivity contribution in [3.8, 4) is 0 Å². The smallest absolute Gasteiger partial charge is 0.0488 e. The van der Waals surface area contributed by atoms with Gasteiger partial charge in [0.1, 0.15) is 0 Å². The second kappa shape index (κ2) is 10.9. The van der Waals surface area contributed by atoms with Crippen molar-refractivity contribution in [2.45, 2.75) is 40.0 Å². The minimum Gasteiger partial charge on any atom is -0.381 e. The number of rotatable bonds is 11. The maximum atomic E-state index is 5.74. The minimum atomic E-state index is 0.626. The van der Waals surface area contributed by atoms with E-state index in [1.165, 1.54) is 12.0 Å². The van der Waals surface area contributed by atoms with Crippen molar-refractivity contribution in [2.24, 2.45) is 11.8 Å². The predicted octanol–water partition coefficient (Wildman–Crippen LogP) is 3.91. The first-order valence-corrected chi connectivity index (χ1v) is 8.04. The molecule has 1 unspecified atom stereocenters. The molecule has 0 aliphatic carbocycles. The highest BCUT2D eigenvalue weighted by Gasteiger charge is 2.09. The third kappa shape index (κ3) is 8.34. The van der Waals surface area contributed by atoms with E-state index in [9.17, 15) is 0 Å². The summed E-state index contributed by atoms with van der Waals surface area (Å²) in [6.07, 6.45) is 3.48. The summed E-state index contributed by atoms with van der Waals surface area (Å²) in [5.41, 5.74) is 1.43. The monoisotopic (exact) mass is 277 g/mol. The normalized spacial score (nSPS) is 12.8. The first-order valence-electron chi connectivity index (χ1n) is 8.04. The highest BCUT2D eigenvalue weighted by atomic mass is 16.5. The number of nitrogens with one attached hydrogen (secondary N) is 1. The average Bonchev–Trinajstić information content (AvgIpc) is 2.44. The molecule has 0 aliphatic rings. The third-order valence-electron chi connectivity index (χ3n) is 3.35. The molecule has 0 amide bonds. The van der Waals surface area contributed by atoms with Crippen molar-refractivity contribution in [2.75, 3.05) is 26.3 Å². The van der Waals surface area contributed by atoms with E-state index >= 15 is 0 Å². The highest BCUT2D eigenvalue weighted by Crippen LogP contribution is 2.12. The highest BCUT2D eigenvalue weighted by molar-refractivity contribution is 5.15. The van der Waals surface area contributed by atoms with E-state index in [1.807, 2.05) is 0 Å². The summed E-state index contributed by atoms with van der Waals surface area (Å²) in [5.74, 6) is 1.29. The summed E-state index contributed by atoms with van der Waals surface area (Å²) in [7, 11) is 0. The molecule has 2 nitrogen and oxygen atoms in total. The number of hydrogen-bond acceptors (Lipinski definition) is 2. The van der Waals surface area contributed by atoms with Gasteiger partial charge in [0.25, 0.3) is 0 Å². The Kier molecular flexibility index (Phi) is 9.35. The SMILES string of the molecule is CCCNCC(CCOCC(C)C)Cc1ccccc1. The molecule has 0 aliphatic heterocycles. The quantitative estimate of drug-likeness (QED) is 0.619. The molecule has 114 valence electrons. The Hall–Kier alpha value is -0.860. The van der Waals surface area contributed by atoms with Crippen molar-refractivity contribution in [3.05, 3.63) is 35.9 Å². The molecule has 1 aromatic carbocycles. The summed E-state index contributed by atoms with van der Waals surface area (Å²) in [6, 6.07) is 10.8. The maximum absolute atomic E-state index is 5.74. The second-order valence-electron chi connectivity index (χ2n) is 6.02. The van der Waals surface area contributed by atoms with Gasteiger partial charge in [-0.15, -0.1) is 0 Å². The van der Waals surface area contributed by atoms with Crippen molar-refractivity contribution in [1.82, 2.24) is 5.32 Å². The standard InChI is InChI=1S/C18H31NO/c1-4-11-19-14-18(10-12-20-15-16(2)3)13-17-8-6-5-7-9-17/h5-9,16,18-19H,4,10-15H2,1-3H3. The molecule has 0 bridgehead atoms. The molecule has 0 saturated heterocycles. The van der Waals surface area contributed by atoms with Gasteiger partial charge in [0.05, 0.1) is 0 Å². The molecule has 0 aromatic heterocycles. The van der Waals surface area contributed by atoms with E-state index in [0.29, 0.717) is 11.8 Å². The number of benzene rings is 1. The van der Waals surface area contributed by atoms with Crippen LogP contribution < -0.4 is 5.32 Å². The van der Waals surface area contributed by atoms with E-state index in [-0.39, 0.29) is 0 Å². The van der Waals surface area contributed by atoms with E-state index < -0.39 is 0 Å². The molecule has 1 aromatic rings. The van der Waals surface area contributed by atoms with Crippen molar-refractivity contribution in [3.63, 3.8) is 0 Å². The summed E-state index contributed by atoms with van der Waals surface area (Å²) in [5, 5.41) is 3.55. The van der Waals surface area contributed by atoms with Gasteiger partial charge in [0.15, 0.2) is 0 Å². The fraction of sp³-hybridized carbons (Fsp3) is 0.667. The van der Waals surface area contributed by atoms with Crippen LogP contribution in [0.15, 0.2) is 30.3 Å². The minimum absolute atomic E-state index is 0.626. The fourth-order valence-electron chi connectivity index (χ4n) is 2.28. The van der Waals surface area contributed by atoms with E-state index in [1.54, 1.807) is 0 Å². The molecule has 0 spiro atoms. The van der Waals surface area contributed by atoms with Crippen LogP contribution in [0, 0.1) is 11.8 Å². The Morgan fingerprint density at radius 3 is 2.55 bits per heavy atom. The van der Waals surface area contributed by atoms with Crippen LogP contribution in [0.1, 0.15) is 39.2 Å². The summed E-state index contributed by atoms with van der Waals surface area (Å²) >= 11 is 0. The average molecular weight is 277 g/mol. The third-order valence-corrected chi connectivity index (χ3v) is 3.35. The second-order valence-corrected chi connectivity index (χ2v) is 6.02. The van der Waals surface area contributed by atoms with Gasteiger partial charge in [0, 0.05) is 13.2 Å². The van der Waals surface area contributed by atoms with Gasteiger partial charge in [-0.3, -0.25) is 0 Å². The van der Waals surface area contributed by atoms with Crippen LogP contribution in [-0.4, -0.2) is 26.3 Å². The molecule has 0 fully saturated rings. The lowest BCUT2D eigenvalue weighted by molar-refractivity contribution is 0.0976. The largest absolute Gasteiger partial charge is 0.381 e. The first-order chi connectivity index (χ1) is 9.72. The molecule has 1 N–H and O–H groups in total. The maximum Gasteiger partial charge on any atom is 0.0488 e. The van der Waals surface area contributed by atoms with Crippen LogP contribution in [0.5, 0.6) is 0 Å². The van der Waals surface area contributed by atoms with Crippen molar-refractivity contribution >= 4 is 0 Å². The Morgan fingerprint density at radius 2 is 1.90 bits per heavy atom. The lowest BCUT2D eigenvalue weighted by Gasteiger charge is -2.18. The molecule has 1 atom stereocenters. The van der Waals surface area contributed by atoms with Gasteiger partial charge in [-0.2, -0.15) is 0 Å². The molecule has 2 heteroatoms. The Balaban J connectivity index is 2.35. The molecule has 0 heterocycles. The van der Waals surface area contributed by atoms with E-state index in [0.717, 1.165) is 39.1 Å². The van der Waals surface area contributed by atoms with E-state index in [2.05, 4.69) is 56.4 Å². The lowest BCUT2D eigenvalue weighted by Crippen LogP contribution is -2.26. The zero-order valence-corrected chi connectivity index (χ0v) is 13.4. The first kappa shape index (κ1) is 17.2. The zero-order valence-electron chi connectivity index (χ0n) is 13.4. The van der Waals surface area contributed by atoms with Gasteiger partial charge >= 0.3 is 0 Å². The van der Waals surface area contributed by atoms with Gasteiger partial charge in [-0.25, -0.2) is 0 Å². The fourth-order valence-corrected chi connectivity index (χ4v) is 2.28. The predicted molar refractivity (Wildman–Crippen MR) is 87.1 cm³/mol. The molecular weight excluding hydrogens is 246 g/mol. The molecule has 1 rings (SSSR count). The lowest BCUT2D eigenvalue weighted by atomic mass is 9.96. The summed E-state index contributed by atoms with van der Waals surface area (Å²) < 4.78 is 5.74. The van der Waals surface area contributed by atoms with Gasteiger partial charge < -0.3 is 10.1 Å². The Bertz CT molecular complexity index is 323. The molecule has 0 radical (unpaired) electrons. The van der Waals surface area contributed by atoms with Crippen LogP contribution in [0.25, 0.3) is 0 Å². The van der Waals surface area contributed by atoms with Crippen LogP contribution in [0.4, 0.5) is 0 Å². The van der Waals surface area contributed by atoms with Crippen molar-refractivity contribution in [1.29, 1.82) is 0 Å².